The van der Waals surface area contributed by atoms with Crippen molar-refractivity contribution in [1.82, 2.24) is 5.32 Å². The van der Waals surface area contributed by atoms with Gasteiger partial charge >= 0.3 is 0 Å². The van der Waals surface area contributed by atoms with E-state index in [1.54, 1.807) is 0 Å². The van der Waals surface area contributed by atoms with Crippen molar-refractivity contribution in [2.75, 3.05) is 6.61 Å². The number of rotatable bonds is 7. The number of ether oxygens (including phenoxy) is 1. The largest absolute Gasteiger partial charge is 0.493 e. The standard InChI is InChI=1S/C17H27NO/c1-13(2)5-4-6-14(3)18-12-15-7-8-17-16(11-15)9-10-19-17/h7-8,11,13-14,18H,4-6,9-10,12H2,1-3H3. The van der Waals surface area contributed by atoms with Gasteiger partial charge in [-0.2, -0.15) is 0 Å². The molecule has 1 aromatic carbocycles. The summed E-state index contributed by atoms with van der Waals surface area (Å²) >= 11 is 0. The Balaban J connectivity index is 1.73. The lowest BCUT2D eigenvalue weighted by Gasteiger charge is -2.15. The zero-order chi connectivity index (χ0) is 13.7. The molecule has 1 aliphatic heterocycles. The molecule has 2 nitrogen and oxygen atoms in total. The van der Waals surface area contributed by atoms with E-state index < -0.39 is 0 Å². The fraction of sp³-hybridized carbons (Fsp3) is 0.647. The second kappa shape index (κ2) is 6.95. The van der Waals surface area contributed by atoms with Gasteiger partial charge in [-0.05, 0) is 36.5 Å². The van der Waals surface area contributed by atoms with Gasteiger partial charge in [0.05, 0.1) is 6.61 Å². The maximum atomic E-state index is 5.53. The van der Waals surface area contributed by atoms with Crippen LogP contribution in [-0.2, 0) is 13.0 Å². The molecule has 0 aliphatic carbocycles. The molecule has 106 valence electrons. The van der Waals surface area contributed by atoms with Crippen LogP contribution >= 0.6 is 0 Å². The van der Waals surface area contributed by atoms with Gasteiger partial charge in [-0.1, -0.05) is 38.8 Å². The number of nitrogens with one attached hydrogen (secondary N) is 1. The van der Waals surface area contributed by atoms with E-state index in [9.17, 15) is 0 Å². The van der Waals surface area contributed by atoms with Crippen LogP contribution in [-0.4, -0.2) is 12.6 Å². The molecule has 2 heteroatoms. The molecule has 1 heterocycles. The maximum Gasteiger partial charge on any atom is 0.122 e. The number of hydrogen-bond acceptors (Lipinski definition) is 2. The van der Waals surface area contributed by atoms with E-state index >= 15 is 0 Å². The quantitative estimate of drug-likeness (QED) is 0.803. The van der Waals surface area contributed by atoms with Crippen LogP contribution in [0.2, 0.25) is 0 Å². The Labute approximate surface area is 117 Å². The summed E-state index contributed by atoms with van der Waals surface area (Å²) in [4.78, 5) is 0. The normalized spacial score (nSPS) is 15.4. The highest BCUT2D eigenvalue weighted by molar-refractivity contribution is 5.39. The zero-order valence-electron chi connectivity index (χ0n) is 12.5. The molecule has 0 spiro atoms. The van der Waals surface area contributed by atoms with Gasteiger partial charge in [-0.15, -0.1) is 0 Å². The molecule has 1 aliphatic rings. The monoisotopic (exact) mass is 261 g/mol. The smallest absolute Gasteiger partial charge is 0.122 e. The highest BCUT2D eigenvalue weighted by Gasteiger charge is 2.12. The summed E-state index contributed by atoms with van der Waals surface area (Å²) in [5, 5.41) is 3.62. The van der Waals surface area contributed by atoms with Crippen LogP contribution in [0.15, 0.2) is 18.2 Å². The van der Waals surface area contributed by atoms with E-state index in [0.29, 0.717) is 6.04 Å². The molecule has 1 unspecified atom stereocenters. The van der Waals surface area contributed by atoms with Crippen molar-refractivity contribution in [2.45, 2.75) is 59.0 Å². The Morgan fingerprint density at radius 3 is 2.84 bits per heavy atom. The van der Waals surface area contributed by atoms with E-state index in [-0.39, 0.29) is 0 Å². The molecular formula is C17H27NO. The van der Waals surface area contributed by atoms with Crippen LogP contribution in [0.25, 0.3) is 0 Å². The lowest BCUT2D eigenvalue weighted by molar-refractivity contribution is 0.357. The fourth-order valence-corrected chi connectivity index (χ4v) is 2.58. The van der Waals surface area contributed by atoms with Crippen LogP contribution in [0.3, 0.4) is 0 Å². The van der Waals surface area contributed by atoms with E-state index in [1.165, 1.54) is 30.4 Å². The van der Waals surface area contributed by atoms with Gasteiger partial charge in [0.2, 0.25) is 0 Å². The van der Waals surface area contributed by atoms with Crippen molar-refractivity contribution in [3.8, 4) is 5.75 Å². The first-order chi connectivity index (χ1) is 9.15. The molecule has 1 aromatic rings. The summed E-state index contributed by atoms with van der Waals surface area (Å²) in [6.07, 6.45) is 4.99. The molecule has 19 heavy (non-hydrogen) atoms. The Morgan fingerprint density at radius 1 is 1.21 bits per heavy atom. The average molecular weight is 261 g/mol. The molecule has 0 radical (unpaired) electrons. The summed E-state index contributed by atoms with van der Waals surface area (Å²) < 4.78 is 5.53. The third-order valence-electron chi connectivity index (χ3n) is 3.83. The minimum atomic E-state index is 0.600. The molecule has 0 bridgehead atoms. The minimum absolute atomic E-state index is 0.600. The second-order valence-electron chi connectivity index (χ2n) is 6.15. The minimum Gasteiger partial charge on any atom is -0.493 e. The van der Waals surface area contributed by atoms with Crippen LogP contribution in [0.1, 0.15) is 51.2 Å². The van der Waals surface area contributed by atoms with Gasteiger partial charge in [0.1, 0.15) is 5.75 Å². The molecule has 0 saturated heterocycles. The summed E-state index contributed by atoms with van der Waals surface area (Å²) in [5.74, 6) is 1.90. The Morgan fingerprint density at radius 2 is 2.05 bits per heavy atom. The summed E-state index contributed by atoms with van der Waals surface area (Å²) in [5.41, 5.74) is 2.74. The highest BCUT2D eigenvalue weighted by Crippen LogP contribution is 2.25. The SMILES string of the molecule is CC(C)CCCC(C)NCc1ccc2c(c1)CCO2. The van der Waals surface area contributed by atoms with Crippen LogP contribution in [0.4, 0.5) is 0 Å². The Hall–Kier alpha value is -1.02. The van der Waals surface area contributed by atoms with Gasteiger partial charge in [0, 0.05) is 19.0 Å². The summed E-state index contributed by atoms with van der Waals surface area (Å²) in [7, 11) is 0. The molecular weight excluding hydrogens is 234 g/mol. The third-order valence-corrected chi connectivity index (χ3v) is 3.83. The van der Waals surface area contributed by atoms with Crippen molar-refractivity contribution in [3.63, 3.8) is 0 Å². The predicted molar refractivity (Wildman–Crippen MR) is 80.6 cm³/mol. The van der Waals surface area contributed by atoms with E-state index in [1.807, 2.05) is 0 Å². The van der Waals surface area contributed by atoms with Crippen molar-refractivity contribution in [3.05, 3.63) is 29.3 Å². The maximum absolute atomic E-state index is 5.53. The van der Waals surface area contributed by atoms with E-state index in [0.717, 1.165) is 31.2 Å². The number of fused-ring (bicyclic) bond motifs is 1. The van der Waals surface area contributed by atoms with Gasteiger partial charge < -0.3 is 10.1 Å². The molecule has 0 aromatic heterocycles. The third kappa shape index (κ3) is 4.54. The topological polar surface area (TPSA) is 21.3 Å². The predicted octanol–water partition coefficient (Wildman–Crippen LogP) is 3.93. The molecule has 0 amide bonds. The first-order valence-electron chi connectivity index (χ1n) is 7.63. The Kier molecular flexibility index (Phi) is 5.26. The van der Waals surface area contributed by atoms with Gasteiger partial charge in [-0.25, -0.2) is 0 Å². The van der Waals surface area contributed by atoms with Crippen LogP contribution in [0.5, 0.6) is 5.75 Å². The molecule has 0 saturated carbocycles. The summed E-state index contributed by atoms with van der Waals surface area (Å²) in [6, 6.07) is 7.18. The zero-order valence-corrected chi connectivity index (χ0v) is 12.5. The van der Waals surface area contributed by atoms with Crippen molar-refractivity contribution in [1.29, 1.82) is 0 Å². The number of benzene rings is 1. The molecule has 2 rings (SSSR count). The van der Waals surface area contributed by atoms with Crippen LogP contribution in [0, 0.1) is 5.92 Å². The fourth-order valence-electron chi connectivity index (χ4n) is 2.58. The highest BCUT2D eigenvalue weighted by atomic mass is 16.5. The van der Waals surface area contributed by atoms with Crippen molar-refractivity contribution < 1.29 is 4.74 Å². The molecule has 1 N–H and O–H groups in total. The lowest BCUT2D eigenvalue weighted by atomic mass is 10.0. The van der Waals surface area contributed by atoms with Gasteiger partial charge in [0.25, 0.3) is 0 Å². The lowest BCUT2D eigenvalue weighted by Crippen LogP contribution is -2.25. The van der Waals surface area contributed by atoms with Crippen molar-refractivity contribution >= 4 is 0 Å². The van der Waals surface area contributed by atoms with E-state index in [4.69, 9.17) is 4.74 Å². The number of hydrogen-bond donors (Lipinski definition) is 1. The van der Waals surface area contributed by atoms with Gasteiger partial charge in [-0.3, -0.25) is 0 Å². The second-order valence-corrected chi connectivity index (χ2v) is 6.15. The van der Waals surface area contributed by atoms with Crippen molar-refractivity contribution in [2.24, 2.45) is 5.92 Å². The summed E-state index contributed by atoms with van der Waals surface area (Å²) in [6.45, 7) is 8.69. The van der Waals surface area contributed by atoms with Crippen LogP contribution < -0.4 is 10.1 Å². The first-order valence-corrected chi connectivity index (χ1v) is 7.63. The van der Waals surface area contributed by atoms with Gasteiger partial charge in [0.15, 0.2) is 0 Å². The average Bonchev–Trinajstić information content (AvgIpc) is 2.83. The Bertz CT molecular complexity index is 400. The van der Waals surface area contributed by atoms with E-state index in [2.05, 4.69) is 44.3 Å². The first kappa shape index (κ1) is 14.4. The molecule has 0 fully saturated rings. The molecule has 1 atom stereocenters.